The van der Waals surface area contributed by atoms with Crippen molar-refractivity contribution in [2.75, 3.05) is 0 Å². The molecule has 1 fully saturated rings. The molecule has 0 aliphatic carbocycles. The van der Waals surface area contributed by atoms with Crippen LogP contribution in [0.15, 0.2) is 30.3 Å². The molecule has 1 heterocycles. The van der Waals surface area contributed by atoms with E-state index >= 15 is 0 Å². The quantitative estimate of drug-likeness (QED) is 0.796. The maximum Gasteiger partial charge on any atom is 0.329 e. The normalized spacial score (nSPS) is 19.2. The number of amides is 1. The number of esters is 1. The summed E-state index contributed by atoms with van der Waals surface area (Å²) >= 11 is 0. The number of hydrogen-bond acceptors (Lipinski definition) is 3. The average molecular weight is 275 g/mol. The van der Waals surface area contributed by atoms with Crippen LogP contribution in [-0.4, -0.2) is 28.4 Å². The van der Waals surface area contributed by atoms with Crippen molar-refractivity contribution in [1.82, 2.24) is 4.90 Å². The summed E-state index contributed by atoms with van der Waals surface area (Å²) in [5, 5.41) is 0. The van der Waals surface area contributed by atoms with Gasteiger partial charge in [0.15, 0.2) is 0 Å². The van der Waals surface area contributed by atoms with Crippen molar-refractivity contribution in [3.05, 3.63) is 35.9 Å². The van der Waals surface area contributed by atoms with Gasteiger partial charge in [-0.25, -0.2) is 4.79 Å². The Balaban J connectivity index is 2.09. The molecule has 4 heteroatoms. The van der Waals surface area contributed by atoms with E-state index in [9.17, 15) is 9.59 Å². The molecule has 0 spiro atoms. The van der Waals surface area contributed by atoms with E-state index in [-0.39, 0.29) is 11.9 Å². The van der Waals surface area contributed by atoms with Gasteiger partial charge in [-0.1, -0.05) is 30.3 Å². The SMILES string of the molecule is CC(C)(C)OC(=O)C1CCC(=O)N1Cc1ccccc1. The van der Waals surface area contributed by atoms with Crippen LogP contribution in [0.5, 0.6) is 0 Å². The van der Waals surface area contributed by atoms with Gasteiger partial charge in [-0.15, -0.1) is 0 Å². The first kappa shape index (κ1) is 14.6. The van der Waals surface area contributed by atoms with Gasteiger partial charge in [-0.3, -0.25) is 4.79 Å². The molecule has 20 heavy (non-hydrogen) atoms. The molecule has 1 atom stereocenters. The number of carbonyl (C=O) groups is 2. The fourth-order valence-electron chi connectivity index (χ4n) is 2.33. The summed E-state index contributed by atoms with van der Waals surface area (Å²) < 4.78 is 5.41. The minimum Gasteiger partial charge on any atom is -0.458 e. The van der Waals surface area contributed by atoms with Crippen LogP contribution in [0.3, 0.4) is 0 Å². The Morgan fingerprint density at radius 3 is 2.55 bits per heavy atom. The number of rotatable bonds is 3. The second-order valence-corrected chi connectivity index (χ2v) is 6.10. The maximum atomic E-state index is 12.2. The van der Waals surface area contributed by atoms with Crippen LogP contribution in [0.4, 0.5) is 0 Å². The van der Waals surface area contributed by atoms with Crippen molar-refractivity contribution < 1.29 is 14.3 Å². The molecule has 2 rings (SSSR count). The monoisotopic (exact) mass is 275 g/mol. The lowest BCUT2D eigenvalue weighted by Crippen LogP contribution is -2.41. The Bertz CT molecular complexity index is 490. The smallest absolute Gasteiger partial charge is 0.329 e. The predicted octanol–water partition coefficient (Wildman–Crippen LogP) is 2.52. The van der Waals surface area contributed by atoms with Gasteiger partial charge in [0.1, 0.15) is 11.6 Å². The van der Waals surface area contributed by atoms with Crippen molar-refractivity contribution in [2.24, 2.45) is 0 Å². The molecular formula is C16H21NO3. The number of ether oxygens (including phenoxy) is 1. The molecule has 1 amide bonds. The zero-order chi connectivity index (χ0) is 14.8. The zero-order valence-corrected chi connectivity index (χ0v) is 12.3. The standard InChI is InChI=1S/C16H21NO3/c1-16(2,3)20-15(19)13-9-10-14(18)17(13)11-12-7-5-4-6-8-12/h4-8,13H,9-11H2,1-3H3. The summed E-state index contributed by atoms with van der Waals surface area (Å²) in [6.07, 6.45) is 0.956. The fourth-order valence-corrected chi connectivity index (χ4v) is 2.33. The topological polar surface area (TPSA) is 46.6 Å². The third kappa shape index (κ3) is 3.59. The third-order valence-corrected chi connectivity index (χ3v) is 3.20. The summed E-state index contributed by atoms with van der Waals surface area (Å²) in [4.78, 5) is 25.8. The second-order valence-electron chi connectivity index (χ2n) is 6.10. The van der Waals surface area contributed by atoms with E-state index in [1.807, 2.05) is 51.1 Å². The van der Waals surface area contributed by atoms with Crippen molar-refractivity contribution in [2.45, 2.75) is 51.8 Å². The Labute approximate surface area is 119 Å². The molecule has 1 aromatic rings. The van der Waals surface area contributed by atoms with Crippen molar-refractivity contribution in [3.63, 3.8) is 0 Å². The van der Waals surface area contributed by atoms with Gasteiger partial charge in [0.25, 0.3) is 0 Å². The molecular weight excluding hydrogens is 254 g/mol. The minimum absolute atomic E-state index is 0.0183. The predicted molar refractivity (Wildman–Crippen MR) is 75.9 cm³/mol. The minimum atomic E-state index is -0.527. The first-order chi connectivity index (χ1) is 9.37. The van der Waals surface area contributed by atoms with Crippen LogP contribution in [0.2, 0.25) is 0 Å². The van der Waals surface area contributed by atoms with E-state index in [0.717, 1.165) is 5.56 Å². The molecule has 1 aromatic carbocycles. The highest BCUT2D eigenvalue weighted by molar-refractivity contribution is 5.88. The van der Waals surface area contributed by atoms with Gasteiger partial charge in [-0.05, 0) is 32.8 Å². The van der Waals surface area contributed by atoms with Gasteiger partial charge in [0.05, 0.1) is 0 Å². The third-order valence-electron chi connectivity index (χ3n) is 3.20. The molecule has 1 aliphatic heterocycles. The van der Waals surface area contributed by atoms with E-state index in [4.69, 9.17) is 4.74 Å². The van der Waals surface area contributed by atoms with Crippen molar-refractivity contribution >= 4 is 11.9 Å². The van der Waals surface area contributed by atoms with Crippen LogP contribution in [0, 0.1) is 0 Å². The first-order valence-electron chi connectivity index (χ1n) is 6.93. The van der Waals surface area contributed by atoms with Gasteiger partial charge in [-0.2, -0.15) is 0 Å². The van der Waals surface area contributed by atoms with Crippen molar-refractivity contribution in [3.8, 4) is 0 Å². The maximum absolute atomic E-state index is 12.2. The molecule has 0 saturated carbocycles. The highest BCUT2D eigenvalue weighted by Gasteiger charge is 2.38. The fraction of sp³-hybridized carbons (Fsp3) is 0.500. The molecule has 1 aliphatic rings. The molecule has 0 radical (unpaired) electrons. The van der Waals surface area contributed by atoms with E-state index in [1.165, 1.54) is 0 Å². The number of carbonyl (C=O) groups excluding carboxylic acids is 2. The average Bonchev–Trinajstić information content (AvgIpc) is 2.70. The summed E-state index contributed by atoms with van der Waals surface area (Å²) in [5.41, 5.74) is 0.498. The summed E-state index contributed by atoms with van der Waals surface area (Å²) in [5.74, 6) is -0.288. The summed E-state index contributed by atoms with van der Waals surface area (Å²) in [6, 6.07) is 9.24. The van der Waals surface area contributed by atoms with Crippen molar-refractivity contribution in [1.29, 1.82) is 0 Å². The first-order valence-corrected chi connectivity index (χ1v) is 6.93. The van der Waals surface area contributed by atoms with Gasteiger partial charge < -0.3 is 9.64 Å². The van der Waals surface area contributed by atoms with Crippen LogP contribution < -0.4 is 0 Å². The molecule has 4 nitrogen and oxygen atoms in total. The lowest BCUT2D eigenvalue weighted by atomic mass is 10.1. The molecule has 1 saturated heterocycles. The zero-order valence-electron chi connectivity index (χ0n) is 12.3. The van der Waals surface area contributed by atoms with Crippen LogP contribution >= 0.6 is 0 Å². The molecule has 0 N–H and O–H groups in total. The summed E-state index contributed by atoms with van der Waals surface area (Å²) in [7, 11) is 0. The van der Waals surface area contributed by atoms with Gasteiger partial charge in [0.2, 0.25) is 5.91 Å². The molecule has 108 valence electrons. The highest BCUT2D eigenvalue weighted by Crippen LogP contribution is 2.24. The Morgan fingerprint density at radius 1 is 1.30 bits per heavy atom. The number of benzene rings is 1. The van der Waals surface area contributed by atoms with Gasteiger partial charge >= 0.3 is 5.97 Å². The number of hydrogen-bond donors (Lipinski definition) is 0. The van der Waals surface area contributed by atoms with E-state index in [0.29, 0.717) is 19.4 Å². The largest absolute Gasteiger partial charge is 0.458 e. The van der Waals surface area contributed by atoms with Crippen LogP contribution in [0.1, 0.15) is 39.2 Å². The summed E-state index contributed by atoms with van der Waals surface area (Å²) in [6.45, 7) is 5.97. The lowest BCUT2D eigenvalue weighted by molar-refractivity contribution is -0.162. The number of likely N-dealkylation sites (tertiary alicyclic amines) is 1. The molecule has 1 unspecified atom stereocenters. The highest BCUT2D eigenvalue weighted by atomic mass is 16.6. The molecule has 0 bridgehead atoms. The van der Waals surface area contributed by atoms with Crippen LogP contribution in [-0.2, 0) is 20.9 Å². The number of nitrogens with zero attached hydrogens (tertiary/aromatic N) is 1. The Morgan fingerprint density at radius 2 is 1.95 bits per heavy atom. The van der Waals surface area contributed by atoms with E-state index < -0.39 is 11.6 Å². The Kier molecular flexibility index (Phi) is 4.12. The van der Waals surface area contributed by atoms with E-state index in [2.05, 4.69) is 0 Å². The molecule has 0 aromatic heterocycles. The Hall–Kier alpha value is -1.84. The van der Waals surface area contributed by atoms with Crippen LogP contribution in [0.25, 0.3) is 0 Å². The van der Waals surface area contributed by atoms with E-state index in [1.54, 1.807) is 4.90 Å². The van der Waals surface area contributed by atoms with Gasteiger partial charge in [0, 0.05) is 13.0 Å². The second kappa shape index (κ2) is 5.65. The lowest BCUT2D eigenvalue weighted by Gasteiger charge is -2.27.